The minimum absolute atomic E-state index is 0.0879. The first-order valence-electron chi connectivity index (χ1n) is 10.6. The van der Waals surface area contributed by atoms with Gasteiger partial charge in [-0.3, -0.25) is 4.79 Å². The van der Waals surface area contributed by atoms with Crippen LogP contribution in [0.2, 0.25) is 10.0 Å². The number of halogens is 2. The zero-order chi connectivity index (χ0) is 24.2. The van der Waals surface area contributed by atoms with Crippen LogP contribution in [-0.4, -0.2) is 45.9 Å². The second kappa shape index (κ2) is 11.0. The summed E-state index contributed by atoms with van der Waals surface area (Å²) in [4.78, 5) is 12.8. The van der Waals surface area contributed by atoms with Gasteiger partial charge in [-0.2, -0.15) is 0 Å². The quantitative estimate of drug-likeness (QED) is 0.563. The fourth-order valence-corrected chi connectivity index (χ4v) is 6.01. The van der Waals surface area contributed by atoms with E-state index in [4.69, 9.17) is 32.7 Å². The predicted molar refractivity (Wildman–Crippen MR) is 129 cm³/mol. The van der Waals surface area contributed by atoms with Gasteiger partial charge in [0.1, 0.15) is 0 Å². The van der Waals surface area contributed by atoms with E-state index in [2.05, 4.69) is 5.32 Å². The second-order valence-corrected chi connectivity index (χ2v) is 10.8. The molecule has 0 aromatic heterocycles. The molecule has 1 amide bonds. The maximum Gasteiger partial charge on any atom is 0.223 e. The summed E-state index contributed by atoms with van der Waals surface area (Å²) in [7, 11) is -0.421. The van der Waals surface area contributed by atoms with E-state index in [0.717, 1.165) is 5.56 Å². The molecule has 180 valence electrons. The van der Waals surface area contributed by atoms with Crippen molar-refractivity contribution in [2.24, 2.45) is 5.92 Å². The lowest BCUT2D eigenvalue weighted by atomic mass is 9.96. The number of hydrogen-bond acceptors (Lipinski definition) is 5. The SMILES string of the molecule is COc1ccc([C@H](C)NC(=O)C2CCN(S(=O)(=O)Cc3ccc(Cl)cc3Cl)CC2)cc1OC. The number of nitrogens with zero attached hydrogens (tertiary/aromatic N) is 1. The van der Waals surface area contributed by atoms with Crippen molar-refractivity contribution in [2.45, 2.75) is 31.6 Å². The van der Waals surface area contributed by atoms with E-state index < -0.39 is 10.0 Å². The number of carbonyl (C=O) groups excluding carboxylic acids is 1. The summed E-state index contributed by atoms with van der Waals surface area (Å²) < 4.78 is 37.7. The highest BCUT2D eigenvalue weighted by Crippen LogP contribution is 2.31. The molecule has 0 aliphatic carbocycles. The van der Waals surface area contributed by atoms with E-state index in [9.17, 15) is 13.2 Å². The highest BCUT2D eigenvalue weighted by Gasteiger charge is 2.32. The van der Waals surface area contributed by atoms with Crippen molar-refractivity contribution in [3.05, 3.63) is 57.6 Å². The van der Waals surface area contributed by atoms with Crippen molar-refractivity contribution in [3.63, 3.8) is 0 Å². The molecule has 0 spiro atoms. The van der Waals surface area contributed by atoms with Crippen LogP contribution in [0.15, 0.2) is 36.4 Å². The normalized spacial score (nSPS) is 16.3. The lowest BCUT2D eigenvalue weighted by molar-refractivity contribution is -0.126. The minimum Gasteiger partial charge on any atom is -0.493 e. The number of ether oxygens (including phenoxy) is 2. The third-order valence-electron chi connectivity index (χ3n) is 5.84. The average Bonchev–Trinajstić information content (AvgIpc) is 2.80. The number of benzene rings is 2. The van der Waals surface area contributed by atoms with Crippen molar-refractivity contribution >= 4 is 39.1 Å². The first-order valence-corrected chi connectivity index (χ1v) is 12.9. The highest BCUT2D eigenvalue weighted by molar-refractivity contribution is 7.88. The summed E-state index contributed by atoms with van der Waals surface area (Å²) in [5.74, 6) is 0.674. The number of methoxy groups -OCH3 is 2. The number of carbonyl (C=O) groups is 1. The molecule has 3 rings (SSSR count). The molecule has 2 aromatic rings. The van der Waals surface area contributed by atoms with Gasteiger partial charge < -0.3 is 14.8 Å². The molecule has 1 fully saturated rings. The van der Waals surface area contributed by atoms with Gasteiger partial charge in [-0.1, -0.05) is 35.3 Å². The Bertz CT molecular complexity index is 1100. The van der Waals surface area contributed by atoms with Crippen LogP contribution in [0.25, 0.3) is 0 Å². The zero-order valence-corrected chi connectivity index (χ0v) is 21.1. The van der Waals surface area contributed by atoms with Crippen LogP contribution in [0.3, 0.4) is 0 Å². The molecule has 1 aliphatic heterocycles. The molecular formula is C23H28Cl2N2O5S. The summed E-state index contributed by atoms with van der Waals surface area (Å²) in [6.45, 7) is 2.47. The molecule has 33 heavy (non-hydrogen) atoms. The van der Waals surface area contributed by atoms with Gasteiger partial charge in [-0.15, -0.1) is 0 Å². The maximum atomic E-state index is 12.9. The molecule has 0 unspecified atom stereocenters. The largest absolute Gasteiger partial charge is 0.493 e. The number of rotatable bonds is 8. The van der Waals surface area contributed by atoms with E-state index in [1.54, 1.807) is 32.4 Å². The molecule has 0 saturated carbocycles. The first-order chi connectivity index (χ1) is 15.6. The molecule has 1 atom stereocenters. The van der Waals surface area contributed by atoms with E-state index in [-0.39, 0.29) is 36.7 Å². The van der Waals surface area contributed by atoms with Crippen LogP contribution < -0.4 is 14.8 Å². The van der Waals surface area contributed by atoms with E-state index >= 15 is 0 Å². The second-order valence-electron chi connectivity index (χ2n) is 8.01. The smallest absolute Gasteiger partial charge is 0.223 e. The summed E-state index contributed by atoms with van der Waals surface area (Å²) in [5.41, 5.74) is 1.39. The molecule has 7 nitrogen and oxygen atoms in total. The van der Waals surface area contributed by atoms with Crippen LogP contribution in [0.1, 0.15) is 36.9 Å². The number of nitrogens with one attached hydrogen (secondary N) is 1. The molecular weight excluding hydrogens is 487 g/mol. The molecule has 1 heterocycles. The highest BCUT2D eigenvalue weighted by atomic mass is 35.5. The van der Waals surface area contributed by atoms with E-state index in [0.29, 0.717) is 39.9 Å². The lowest BCUT2D eigenvalue weighted by Crippen LogP contribution is -2.43. The van der Waals surface area contributed by atoms with Crippen LogP contribution in [-0.2, 0) is 20.6 Å². The van der Waals surface area contributed by atoms with Gasteiger partial charge in [0.05, 0.1) is 26.0 Å². The Hall–Kier alpha value is -2.00. The number of piperidine rings is 1. The van der Waals surface area contributed by atoms with Crippen molar-refractivity contribution in [2.75, 3.05) is 27.3 Å². The molecule has 2 aromatic carbocycles. The standard InChI is InChI=1S/C23H28Cl2N2O5S/c1-15(17-5-7-21(31-2)22(12-17)32-3)26-23(28)16-8-10-27(11-9-16)33(29,30)14-18-4-6-19(24)13-20(18)25/h4-7,12-13,15-16H,8-11,14H2,1-3H3,(H,26,28)/t15-/m0/s1. The Kier molecular flexibility index (Phi) is 8.50. The van der Waals surface area contributed by atoms with Crippen LogP contribution in [0.4, 0.5) is 0 Å². The van der Waals surface area contributed by atoms with Gasteiger partial charge in [0.25, 0.3) is 0 Å². The third-order valence-corrected chi connectivity index (χ3v) is 8.25. The number of hydrogen-bond donors (Lipinski definition) is 1. The molecule has 10 heteroatoms. The van der Waals surface area contributed by atoms with Gasteiger partial charge in [0, 0.05) is 29.1 Å². The Morgan fingerprint density at radius 2 is 1.76 bits per heavy atom. The Morgan fingerprint density at radius 3 is 2.36 bits per heavy atom. The molecule has 1 saturated heterocycles. The van der Waals surface area contributed by atoms with Crippen LogP contribution >= 0.6 is 23.2 Å². The van der Waals surface area contributed by atoms with Crippen LogP contribution in [0.5, 0.6) is 11.5 Å². The van der Waals surface area contributed by atoms with Crippen molar-refractivity contribution in [3.8, 4) is 11.5 Å². The molecule has 0 radical (unpaired) electrons. The van der Waals surface area contributed by atoms with Gasteiger partial charge in [-0.05, 0) is 55.2 Å². The summed E-state index contributed by atoms with van der Waals surface area (Å²) in [6, 6.07) is 10.1. The molecule has 0 bridgehead atoms. The Balaban J connectivity index is 1.57. The van der Waals surface area contributed by atoms with E-state index in [1.807, 2.05) is 19.1 Å². The predicted octanol–water partition coefficient (Wildman–Crippen LogP) is 4.43. The first kappa shape index (κ1) is 25.6. The minimum atomic E-state index is -3.55. The molecule has 1 aliphatic rings. The number of amides is 1. The fourth-order valence-electron chi connectivity index (χ4n) is 3.86. The van der Waals surface area contributed by atoms with Gasteiger partial charge in [0.15, 0.2) is 11.5 Å². The monoisotopic (exact) mass is 514 g/mol. The maximum absolute atomic E-state index is 12.9. The Morgan fingerprint density at radius 1 is 1.09 bits per heavy atom. The van der Waals surface area contributed by atoms with Crippen molar-refractivity contribution < 1.29 is 22.7 Å². The summed E-state index contributed by atoms with van der Waals surface area (Å²) in [5, 5.41) is 3.81. The average molecular weight is 515 g/mol. The number of sulfonamides is 1. The molecule has 1 N–H and O–H groups in total. The third kappa shape index (κ3) is 6.32. The fraction of sp³-hybridized carbons (Fsp3) is 0.435. The summed E-state index contributed by atoms with van der Waals surface area (Å²) >= 11 is 12.0. The van der Waals surface area contributed by atoms with Gasteiger partial charge in [-0.25, -0.2) is 12.7 Å². The Labute approximate surface area is 205 Å². The topological polar surface area (TPSA) is 84.9 Å². The van der Waals surface area contributed by atoms with Crippen molar-refractivity contribution in [1.82, 2.24) is 9.62 Å². The van der Waals surface area contributed by atoms with Gasteiger partial charge >= 0.3 is 0 Å². The lowest BCUT2D eigenvalue weighted by Gasteiger charge is -2.31. The van der Waals surface area contributed by atoms with Crippen molar-refractivity contribution in [1.29, 1.82) is 0 Å². The summed E-state index contributed by atoms with van der Waals surface area (Å²) in [6.07, 6.45) is 0.913. The van der Waals surface area contributed by atoms with Crippen LogP contribution in [0, 0.1) is 5.92 Å². The van der Waals surface area contributed by atoms with E-state index in [1.165, 1.54) is 10.4 Å². The van der Waals surface area contributed by atoms with Gasteiger partial charge in [0.2, 0.25) is 15.9 Å². The zero-order valence-electron chi connectivity index (χ0n) is 18.8.